The van der Waals surface area contributed by atoms with Gasteiger partial charge < -0.3 is 4.74 Å². The van der Waals surface area contributed by atoms with Crippen LogP contribution in [-0.2, 0) is 17.4 Å². The predicted molar refractivity (Wildman–Crippen MR) is 116 cm³/mol. The number of hydrogen-bond donors (Lipinski definition) is 0. The first-order chi connectivity index (χ1) is 15.2. The van der Waals surface area contributed by atoms with Crippen molar-refractivity contribution in [1.29, 1.82) is 5.26 Å². The van der Waals surface area contributed by atoms with Gasteiger partial charge in [-0.3, -0.25) is 9.59 Å². The number of halogens is 3. The predicted octanol–water partition coefficient (Wildman–Crippen LogP) is 6.38. The van der Waals surface area contributed by atoms with Crippen molar-refractivity contribution in [3.63, 3.8) is 0 Å². The first-order valence-corrected chi connectivity index (χ1v) is 10.8. The quantitative estimate of drug-likeness (QED) is 0.464. The smallest absolute Gasteiger partial charge is 0.416 e. The molecular formula is C26H22F3NO3. The highest BCUT2D eigenvalue weighted by Gasteiger charge is 2.43. The molecule has 0 atom stereocenters. The number of hydrogen-bond acceptors (Lipinski definition) is 4. The molecule has 33 heavy (non-hydrogen) atoms. The monoisotopic (exact) mass is 453 g/mol. The van der Waals surface area contributed by atoms with E-state index in [0.717, 1.165) is 12.1 Å². The molecule has 5 rings (SSSR count). The maximum absolute atomic E-state index is 13.9. The van der Waals surface area contributed by atoms with Gasteiger partial charge in [0.25, 0.3) is 0 Å². The minimum absolute atomic E-state index is 0.105. The normalized spacial score (nSPS) is 20.8. The van der Waals surface area contributed by atoms with Crippen LogP contribution in [0.15, 0.2) is 17.9 Å². The Morgan fingerprint density at radius 3 is 2.24 bits per heavy atom. The van der Waals surface area contributed by atoms with Gasteiger partial charge in [0.2, 0.25) is 0 Å². The van der Waals surface area contributed by atoms with Gasteiger partial charge in [0.15, 0.2) is 17.3 Å². The van der Waals surface area contributed by atoms with Crippen LogP contribution in [0.25, 0.3) is 16.3 Å². The van der Waals surface area contributed by atoms with Gasteiger partial charge in [-0.25, -0.2) is 0 Å². The molecular weight excluding hydrogens is 431 g/mol. The second-order valence-corrected chi connectivity index (χ2v) is 10.9. The first-order valence-electron chi connectivity index (χ1n) is 10.8. The lowest BCUT2D eigenvalue weighted by molar-refractivity contribution is -0.137. The number of carbonyl (C=O) groups excluding carboxylic acids is 2. The lowest BCUT2D eigenvalue weighted by Crippen LogP contribution is -2.31. The second-order valence-electron chi connectivity index (χ2n) is 10.9. The summed E-state index contributed by atoms with van der Waals surface area (Å²) >= 11 is 0. The van der Waals surface area contributed by atoms with Crippen LogP contribution in [0.1, 0.15) is 79.6 Å². The Balaban J connectivity index is 1.96. The Morgan fingerprint density at radius 2 is 1.61 bits per heavy atom. The van der Waals surface area contributed by atoms with Crippen LogP contribution in [0, 0.1) is 22.2 Å². The highest BCUT2D eigenvalue weighted by Crippen LogP contribution is 2.53. The van der Waals surface area contributed by atoms with E-state index in [0.29, 0.717) is 24.2 Å². The molecule has 1 aliphatic heterocycles. The summed E-state index contributed by atoms with van der Waals surface area (Å²) in [4.78, 5) is 26.3. The minimum atomic E-state index is -4.67. The largest absolute Gasteiger partial charge is 0.459 e. The SMILES string of the molecule is CC1(C)CC(=O)C2=C(C1)Oc1c(C#N)c3c(c4cc(C(F)(F)F)cc2c14)C(=O)CC(C)(C)C3. The third kappa shape index (κ3) is 3.18. The molecule has 0 saturated heterocycles. The maximum atomic E-state index is 13.9. The number of allylic oxidation sites excluding steroid dienone is 2. The fourth-order valence-corrected chi connectivity index (χ4v) is 5.55. The molecule has 3 aliphatic rings. The topological polar surface area (TPSA) is 67.2 Å². The third-order valence-corrected chi connectivity index (χ3v) is 6.81. The van der Waals surface area contributed by atoms with Crippen LogP contribution >= 0.6 is 0 Å². The molecule has 0 saturated carbocycles. The molecule has 0 amide bonds. The summed E-state index contributed by atoms with van der Waals surface area (Å²) in [6, 6.07) is 4.08. The zero-order valence-corrected chi connectivity index (χ0v) is 18.8. The van der Waals surface area contributed by atoms with E-state index in [-0.39, 0.29) is 63.2 Å². The fraction of sp³-hybridized carbons (Fsp3) is 0.423. The van der Waals surface area contributed by atoms with Gasteiger partial charge in [0.1, 0.15) is 11.8 Å². The van der Waals surface area contributed by atoms with E-state index in [9.17, 15) is 28.0 Å². The standard InChI is InChI=1S/C26H22F3NO3/c1-24(2)7-15-16(11-30)23-21-13(20(15)17(31)8-24)5-12(26(27,28)29)6-14(21)22-18(32)9-25(3,4)10-19(22)33-23/h5-6H,7-10H2,1-4H3. The van der Waals surface area contributed by atoms with Crippen molar-refractivity contribution in [3.8, 4) is 11.8 Å². The van der Waals surface area contributed by atoms with Crippen LogP contribution in [-0.4, -0.2) is 11.6 Å². The van der Waals surface area contributed by atoms with Crippen molar-refractivity contribution in [1.82, 2.24) is 0 Å². The van der Waals surface area contributed by atoms with Crippen molar-refractivity contribution >= 4 is 27.9 Å². The summed E-state index contributed by atoms with van der Waals surface area (Å²) in [7, 11) is 0. The molecule has 1 heterocycles. The van der Waals surface area contributed by atoms with Crippen LogP contribution in [0.3, 0.4) is 0 Å². The lowest BCUT2D eigenvalue weighted by atomic mass is 9.69. The Bertz CT molecular complexity index is 1370. The molecule has 7 heteroatoms. The molecule has 0 aromatic heterocycles. The molecule has 170 valence electrons. The van der Waals surface area contributed by atoms with Crippen molar-refractivity contribution in [2.75, 3.05) is 0 Å². The maximum Gasteiger partial charge on any atom is 0.416 e. The van der Waals surface area contributed by atoms with Gasteiger partial charge in [0, 0.05) is 35.8 Å². The number of carbonyl (C=O) groups is 2. The molecule has 0 bridgehead atoms. The van der Waals surface area contributed by atoms with E-state index in [1.165, 1.54) is 0 Å². The zero-order chi connectivity index (χ0) is 24.1. The van der Waals surface area contributed by atoms with Gasteiger partial charge in [-0.15, -0.1) is 0 Å². The van der Waals surface area contributed by atoms with Crippen LogP contribution in [0.2, 0.25) is 0 Å². The molecule has 4 nitrogen and oxygen atoms in total. The average Bonchev–Trinajstić information content (AvgIpc) is 2.64. The van der Waals surface area contributed by atoms with Gasteiger partial charge >= 0.3 is 6.18 Å². The molecule has 0 radical (unpaired) electrons. The van der Waals surface area contributed by atoms with Gasteiger partial charge in [0.05, 0.1) is 16.7 Å². The number of nitrogens with zero attached hydrogens (tertiary/aromatic N) is 1. The summed E-state index contributed by atoms with van der Waals surface area (Å²) in [5.41, 5.74) is -0.812. The number of benzene rings is 2. The average molecular weight is 453 g/mol. The van der Waals surface area contributed by atoms with E-state index in [4.69, 9.17) is 4.74 Å². The summed E-state index contributed by atoms with van der Waals surface area (Å²) in [6.45, 7) is 7.58. The highest BCUT2D eigenvalue weighted by atomic mass is 19.4. The number of rotatable bonds is 0. The summed E-state index contributed by atoms with van der Waals surface area (Å²) in [5, 5.41) is 10.4. The zero-order valence-electron chi connectivity index (χ0n) is 18.8. The van der Waals surface area contributed by atoms with Gasteiger partial charge in [-0.2, -0.15) is 18.4 Å². The molecule has 0 N–H and O–H groups in total. The number of fused-ring (bicyclic) bond motifs is 3. The third-order valence-electron chi connectivity index (χ3n) is 6.81. The van der Waals surface area contributed by atoms with Crippen LogP contribution in [0.4, 0.5) is 13.2 Å². The van der Waals surface area contributed by atoms with E-state index >= 15 is 0 Å². The number of Topliss-reactive ketones (excluding diaryl/α,β-unsaturated/α-hetero) is 2. The molecule has 2 aromatic carbocycles. The summed E-state index contributed by atoms with van der Waals surface area (Å²) < 4.78 is 47.9. The van der Waals surface area contributed by atoms with Crippen LogP contribution < -0.4 is 4.74 Å². The van der Waals surface area contributed by atoms with Crippen molar-refractivity contribution < 1.29 is 27.5 Å². The molecule has 0 spiro atoms. The highest BCUT2D eigenvalue weighted by molar-refractivity contribution is 6.28. The Morgan fingerprint density at radius 1 is 0.970 bits per heavy atom. The van der Waals surface area contributed by atoms with Crippen molar-refractivity contribution in [3.05, 3.63) is 45.7 Å². The molecule has 0 fully saturated rings. The summed E-state index contributed by atoms with van der Waals surface area (Å²) in [5.74, 6) is -0.145. The second kappa shape index (κ2) is 6.47. The summed E-state index contributed by atoms with van der Waals surface area (Å²) in [6.07, 6.45) is -3.61. The van der Waals surface area contributed by atoms with Crippen molar-refractivity contribution in [2.45, 2.75) is 59.6 Å². The van der Waals surface area contributed by atoms with Crippen molar-refractivity contribution in [2.24, 2.45) is 10.8 Å². The molecule has 2 aromatic rings. The number of alkyl halides is 3. The Hall–Kier alpha value is -3.14. The molecule has 2 aliphatic carbocycles. The van der Waals surface area contributed by atoms with E-state index in [1.807, 2.05) is 27.7 Å². The molecule has 0 unspecified atom stereocenters. The minimum Gasteiger partial charge on any atom is -0.459 e. The van der Waals surface area contributed by atoms with E-state index in [1.54, 1.807) is 0 Å². The lowest BCUT2D eigenvalue weighted by Gasteiger charge is -2.37. The van der Waals surface area contributed by atoms with Crippen LogP contribution in [0.5, 0.6) is 5.75 Å². The number of ether oxygens (including phenoxy) is 1. The van der Waals surface area contributed by atoms with Gasteiger partial charge in [-0.05, 0) is 40.3 Å². The fourth-order valence-electron chi connectivity index (χ4n) is 5.55. The van der Waals surface area contributed by atoms with E-state index in [2.05, 4.69) is 6.07 Å². The first kappa shape index (κ1) is 21.7. The van der Waals surface area contributed by atoms with E-state index < -0.39 is 22.6 Å². The number of ketones is 2. The van der Waals surface area contributed by atoms with Gasteiger partial charge in [-0.1, -0.05) is 27.7 Å². The Kier molecular flexibility index (Phi) is 4.25. The number of nitriles is 1. The Labute approximate surface area is 189 Å².